The van der Waals surface area contributed by atoms with Gasteiger partial charge in [-0.2, -0.15) is 0 Å². The predicted molar refractivity (Wildman–Crippen MR) is 304 cm³/mol. The zero-order chi connectivity index (χ0) is 49.1. The summed E-state index contributed by atoms with van der Waals surface area (Å²) in [5, 5.41) is 0. The highest BCUT2D eigenvalue weighted by atomic mass is 15.2. The van der Waals surface area contributed by atoms with Crippen LogP contribution in [0.3, 0.4) is 0 Å². The molecule has 2 aliphatic carbocycles. The van der Waals surface area contributed by atoms with Crippen molar-refractivity contribution in [1.29, 1.82) is 0 Å². The van der Waals surface area contributed by atoms with Gasteiger partial charge in [0.2, 0.25) is 0 Å². The van der Waals surface area contributed by atoms with Gasteiger partial charge in [0.15, 0.2) is 0 Å². The van der Waals surface area contributed by atoms with Gasteiger partial charge in [0, 0.05) is 62.6 Å². The molecule has 0 N–H and O–H groups in total. The third-order valence-corrected chi connectivity index (χ3v) is 13.9. The molecule has 0 amide bonds. The predicted octanol–water partition coefficient (Wildman–Crippen LogP) is 18.7. The minimum atomic E-state index is 0.135. The fourth-order valence-corrected chi connectivity index (χ4v) is 9.67. The van der Waals surface area contributed by atoms with Gasteiger partial charge in [0.05, 0.1) is 6.04 Å². The number of hydrogen-bond donors (Lipinski definition) is 0. The van der Waals surface area contributed by atoms with E-state index in [9.17, 15) is 0 Å². The molecule has 10 rings (SSSR count). The first kappa shape index (κ1) is 46.6. The third-order valence-electron chi connectivity index (χ3n) is 13.9. The van der Waals surface area contributed by atoms with Crippen molar-refractivity contribution in [3.63, 3.8) is 0 Å². The van der Waals surface area contributed by atoms with Gasteiger partial charge in [-0.15, -0.1) is 0 Å². The minimum Gasteiger partial charge on any atom is -0.334 e. The van der Waals surface area contributed by atoms with Crippen LogP contribution in [0.2, 0.25) is 0 Å². The number of hydrogen-bond acceptors (Lipinski definition) is 4. The van der Waals surface area contributed by atoms with Crippen molar-refractivity contribution in [3.05, 3.63) is 270 Å². The number of rotatable bonds is 13. The summed E-state index contributed by atoms with van der Waals surface area (Å²) in [5.41, 5.74) is 21.3. The van der Waals surface area contributed by atoms with Crippen LogP contribution >= 0.6 is 0 Å². The van der Waals surface area contributed by atoms with E-state index in [-0.39, 0.29) is 11.5 Å². The monoisotopic (exact) mass is 925 g/mol. The molecule has 0 spiro atoms. The van der Waals surface area contributed by atoms with Gasteiger partial charge in [-0.25, -0.2) is 0 Å². The second-order valence-electron chi connectivity index (χ2n) is 20.1. The summed E-state index contributed by atoms with van der Waals surface area (Å²) >= 11 is 0. The molecular weight excluding hydrogens is 861 g/mol. The molecule has 71 heavy (non-hydrogen) atoms. The average molecular weight is 925 g/mol. The lowest BCUT2D eigenvalue weighted by atomic mass is 9.85. The molecule has 0 radical (unpaired) electrons. The lowest BCUT2D eigenvalue weighted by molar-refractivity contribution is 0.481. The first-order chi connectivity index (χ1) is 34.4. The zero-order valence-electron chi connectivity index (χ0n) is 42.2. The second kappa shape index (κ2) is 20.1. The van der Waals surface area contributed by atoms with Gasteiger partial charge in [-0.1, -0.05) is 145 Å². The van der Waals surface area contributed by atoms with Gasteiger partial charge < -0.3 is 19.6 Å². The number of benzene rings is 8. The molecule has 8 aromatic carbocycles. The topological polar surface area (TPSA) is 13.0 Å². The number of nitrogens with zero attached hydrogens (tertiary/aromatic N) is 4. The van der Waals surface area contributed by atoms with E-state index in [1.165, 1.54) is 50.3 Å². The van der Waals surface area contributed by atoms with Crippen LogP contribution in [-0.2, 0) is 0 Å². The molecule has 0 aromatic heterocycles. The smallest absolute Gasteiger partial charge is 0.0560 e. The number of allylic oxidation sites excluding steroid dienone is 5. The van der Waals surface area contributed by atoms with Crippen molar-refractivity contribution in [3.8, 4) is 0 Å². The Balaban J connectivity index is 0.915. The van der Waals surface area contributed by atoms with Crippen LogP contribution in [0.5, 0.6) is 0 Å². The highest BCUT2D eigenvalue weighted by Gasteiger charge is 2.24. The summed E-state index contributed by atoms with van der Waals surface area (Å²) in [6, 6.07) is 71.5. The van der Waals surface area contributed by atoms with E-state index < -0.39 is 0 Å². The maximum absolute atomic E-state index is 2.48. The van der Waals surface area contributed by atoms with Crippen molar-refractivity contribution in [2.45, 2.75) is 67.3 Å². The van der Waals surface area contributed by atoms with E-state index in [0.29, 0.717) is 0 Å². The Kier molecular flexibility index (Phi) is 13.2. The Morgan fingerprint density at radius 1 is 0.352 bits per heavy atom. The molecule has 0 bridgehead atoms. The quantitative estimate of drug-likeness (QED) is 0.114. The molecule has 8 aromatic rings. The molecule has 0 aliphatic heterocycles. The van der Waals surface area contributed by atoms with Crippen molar-refractivity contribution >= 4 is 62.4 Å². The van der Waals surface area contributed by atoms with Crippen LogP contribution in [0.1, 0.15) is 60.1 Å². The van der Waals surface area contributed by atoms with Gasteiger partial charge >= 0.3 is 0 Å². The Morgan fingerprint density at radius 3 is 0.986 bits per heavy atom. The largest absolute Gasteiger partial charge is 0.334 e. The van der Waals surface area contributed by atoms with Crippen molar-refractivity contribution in [1.82, 2.24) is 0 Å². The van der Waals surface area contributed by atoms with E-state index in [0.717, 1.165) is 64.0 Å². The lowest BCUT2D eigenvalue weighted by Gasteiger charge is -2.34. The number of anilines is 10. The minimum absolute atomic E-state index is 0.135. The zero-order valence-corrected chi connectivity index (χ0v) is 42.2. The summed E-state index contributed by atoms with van der Waals surface area (Å²) in [6.07, 6.45) is 15.9. The summed E-state index contributed by atoms with van der Waals surface area (Å²) < 4.78 is 0. The lowest BCUT2D eigenvalue weighted by Crippen LogP contribution is -2.30. The van der Waals surface area contributed by atoms with E-state index in [1.54, 1.807) is 0 Å². The van der Waals surface area contributed by atoms with E-state index >= 15 is 0 Å². The van der Waals surface area contributed by atoms with Gasteiger partial charge in [-0.3, -0.25) is 0 Å². The first-order valence-electron chi connectivity index (χ1n) is 25.1. The molecular formula is C67H64N4. The van der Waals surface area contributed by atoms with Crippen LogP contribution in [0.15, 0.2) is 236 Å². The van der Waals surface area contributed by atoms with Crippen LogP contribution in [0.4, 0.5) is 56.9 Å². The molecule has 0 saturated heterocycles. The maximum Gasteiger partial charge on any atom is 0.0560 e. The Labute approximate surface area is 422 Å². The molecule has 4 nitrogen and oxygen atoms in total. The molecule has 0 fully saturated rings. The summed E-state index contributed by atoms with van der Waals surface area (Å²) in [4.78, 5) is 9.55. The molecule has 2 aliphatic rings. The van der Waals surface area contributed by atoms with E-state index in [4.69, 9.17) is 0 Å². The van der Waals surface area contributed by atoms with Crippen LogP contribution in [0, 0.1) is 40.0 Å². The molecule has 4 heteroatoms. The summed E-state index contributed by atoms with van der Waals surface area (Å²) in [6.45, 7) is 15.3. The molecule has 1 unspecified atom stereocenters. The van der Waals surface area contributed by atoms with Crippen LogP contribution in [0.25, 0.3) is 5.57 Å². The average Bonchev–Trinajstić information content (AvgIpc) is 3.39. The highest BCUT2D eigenvalue weighted by Crippen LogP contribution is 2.42. The highest BCUT2D eigenvalue weighted by molar-refractivity contribution is 5.83. The third kappa shape index (κ3) is 10.4. The fraction of sp³-hybridized carbons (Fsp3) is 0.164. The first-order valence-corrected chi connectivity index (χ1v) is 25.1. The van der Waals surface area contributed by atoms with Crippen LogP contribution in [-0.4, -0.2) is 6.04 Å². The fourth-order valence-electron chi connectivity index (χ4n) is 9.67. The van der Waals surface area contributed by atoms with Crippen LogP contribution < -0.4 is 19.6 Å². The summed E-state index contributed by atoms with van der Waals surface area (Å²) in [5.74, 6) is 0. The van der Waals surface area contributed by atoms with Crippen molar-refractivity contribution in [2.75, 3.05) is 19.6 Å². The number of aryl methyl sites for hydroxylation is 5. The van der Waals surface area contributed by atoms with Crippen molar-refractivity contribution in [2.24, 2.45) is 5.41 Å². The molecule has 0 saturated carbocycles. The van der Waals surface area contributed by atoms with Gasteiger partial charge in [0.25, 0.3) is 0 Å². The second-order valence-corrected chi connectivity index (χ2v) is 20.1. The maximum atomic E-state index is 2.48. The van der Waals surface area contributed by atoms with E-state index in [2.05, 4.69) is 299 Å². The van der Waals surface area contributed by atoms with Gasteiger partial charge in [0.1, 0.15) is 0 Å². The Hall–Kier alpha value is -8.08. The Bertz CT molecular complexity index is 3160. The SMILES string of the molecule is Cc1ccc(N(C2=CCC(C)(C)C=C2)c2ccc(N(c3ccc(C)cc3)c3ccc(C4=CCC(N(c5ccc(C)cc5)c5ccc(N(c6ccc(C)cc6)c6ccc(C)cc6)cc5)C=C4)cc3)cc2)cc1. The molecule has 352 valence electrons. The molecule has 1 atom stereocenters. The van der Waals surface area contributed by atoms with Crippen molar-refractivity contribution < 1.29 is 0 Å². The normalized spacial score (nSPS) is 14.9. The van der Waals surface area contributed by atoms with E-state index in [1.807, 2.05) is 0 Å². The summed E-state index contributed by atoms with van der Waals surface area (Å²) in [7, 11) is 0. The van der Waals surface area contributed by atoms with Gasteiger partial charge in [-0.05, 0) is 191 Å². The standard InChI is InChI=1S/C67H64N4/c1-48-8-22-55(23-9-48)68(56-24-10-49(2)11-25-56)62-36-38-63(39-37-62)69(57-26-12-50(3)13-27-57)60-32-18-53(19-33-60)54-20-34-61(35-21-54)70(58-28-14-51(4)15-29-58)64-40-42-65(43-41-64)71(59-30-16-52(5)17-31-59)66-44-46-67(6,7)47-45-66/h8-32,34-46,60H,33,47H2,1-7H3. The Morgan fingerprint density at radius 2 is 0.662 bits per heavy atom. The molecule has 0 heterocycles.